The molecule has 1 fully saturated rings. The lowest BCUT2D eigenvalue weighted by molar-refractivity contribution is -0.386. The molecule has 0 aliphatic heterocycles. The lowest BCUT2D eigenvalue weighted by Gasteiger charge is -2.22. The van der Waals surface area contributed by atoms with Gasteiger partial charge in [-0.2, -0.15) is 9.78 Å². The normalized spacial score (nSPS) is 15.5. The molecule has 0 saturated heterocycles. The van der Waals surface area contributed by atoms with E-state index < -0.39 is 4.92 Å². The van der Waals surface area contributed by atoms with Gasteiger partial charge in [0.05, 0.1) is 32.6 Å². The van der Waals surface area contributed by atoms with Gasteiger partial charge in [-0.15, -0.1) is 0 Å². The van der Waals surface area contributed by atoms with Crippen molar-refractivity contribution in [2.75, 3.05) is 0 Å². The molecule has 0 bridgehead atoms. The SMILES string of the molecule is CC[C@@H](C)Oc1c(Br)cc(C=Nn2c(C3CCCCC3)nc3ccc(Br)cc3c2=O)cc1[N+](=O)[O-]. The Balaban J connectivity index is 1.81. The maximum atomic E-state index is 13.5. The summed E-state index contributed by atoms with van der Waals surface area (Å²) in [5.41, 5.74) is 0.672. The fourth-order valence-electron chi connectivity index (χ4n) is 4.24. The van der Waals surface area contributed by atoms with E-state index in [4.69, 9.17) is 9.72 Å². The van der Waals surface area contributed by atoms with Crippen molar-refractivity contribution < 1.29 is 9.66 Å². The zero-order valence-electron chi connectivity index (χ0n) is 19.5. The number of ether oxygens (including phenoxy) is 1. The number of fused-ring (bicyclic) bond motifs is 1. The summed E-state index contributed by atoms with van der Waals surface area (Å²) in [6.07, 6.45) is 7.23. The number of halogens is 2. The van der Waals surface area contributed by atoms with E-state index in [1.54, 1.807) is 12.1 Å². The number of nitro groups is 1. The van der Waals surface area contributed by atoms with E-state index in [1.807, 2.05) is 26.0 Å². The maximum Gasteiger partial charge on any atom is 0.312 e. The molecule has 1 heterocycles. The van der Waals surface area contributed by atoms with Crippen molar-refractivity contribution in [3.05, 3.63) is 71.1 Å². The van der Waals surface area contributed by atoms with Gasteiger partial charge in [0.1, 0.15) is 5.82 Å². The molecule has 1 saturated carbocycles. The van der Waals surface area contributed by atoms with E-state index in [0.29, 0.717) is 33.2 Å². The standard InChI is InChI=1S/C25H26Br2N4O4/c1-3-15(2)35-23-20(27)11-16(12-22(23)31(33)34)14-28-30-24(17-7-5-4-6-8-17)29-21-10-9-18(26)13-19(21)25(30)32/h9-15,17H,3-8H2,1-2H3/t15-/m1/s1. The predicted octanol–water partition coefficient (Wildman–Crippen LogP) is 6.94. The van der Waals surface area contributed by atoms with Crippen molar-refractivity contribution in [1.29, 1.82) is 0 Å². The van der Waals surface area contributed by atoms with Gasteiger partial charge in [-0.3, -0.25) is 14.9 Å². The lowest BCUT2D eigenvalue weighted by Crippen LogP contribution is -2.25. The monoisotopic (exact) mass is 604 g/mol. The van der Waals surface area contributed by atoms with Gasteiger partial charge < -0.3 is 4.74 Å². The van der Waals surface area contributed by atoms with Crippen molar-refractivity contribution in [3.8, 4) is 5.75 Å². The summed E-state index contributed by atoms with van der Waals surface area (Å²) < 4.78 is 8.37. The van der Waals surface area contributed by atoms with Crippen LogP contribution in [-0.2, 0) is 0 Å². The largest absolute Gasteiger partial charge is 0.483 e. The third-order valence-electron chi connectivity index (χ3n) is 6.26. The molecule has 0 unspecified atom stereocenters. The smallest absolute Gasteiger partial charge is 0.312 e. The number of aromatic nitrogens is 2. The van der Waals surface area contributed by atoms with Crippen molar-refractivity contribution in [3.63, 3.8) is 0 Å². The minimum Gasteiger partial charge on any atom is -0.483 e. The third-order valence-corrected chi connectivity index (χ3v) is 7.35. The molecular weight excluding hydrogens is 580 g/mol. The molecule has 1 aliphatic rings. The van der Waals surface area contributed by atoms with Crippen LogP contribution in [0.3, 0.4) is 0 Å². The van der Waals surface area contributed by atoms with Gasteiger partial charge in [-0.25, -0.2) is 4.98 Å². The Kier molecular flexibility index (Phi) is 8.01. The van der Waals surface area contributed by atoms with Crippen molar-refractivity contribution in [1.82, 2.24) is 9.66 Å². The fourth-order valence-corrected chi connectivity index (χ4v) is 5.16. The second-order valence-corrected chi connectivity index (χ2v) is 10.5. The average Bonchev–Trinajstić information content (AvgIpc) is 2.85. The molecule has 0 spiro atoms. The second-order valence-electron chi connectivity index (χ2n) is 8.77. The third kappa shape index (κ3) is 5.64. The topological polar surface area (TPSA) is 99.6 Å². The molecule has 0 N–H and O–H groups in total. The molecule has 1 aliphatic carbocycles. The molecule has 0 radical (unpaired) electrons. The number of hydrogen-bond acceptors (Lipinski definition) is 6. The van der Waals surface area contributed by atoms with Gasteiger partial charge in [-0.05, 0) is 66.4 Å². The van der Waals surface area contributed by atoms with Crippen LogP contribution in [0.1, 0.15) is 69.7 Å². The number of rotatable bonds is 7. The Labute approximate surface area is 219 Å². The second kappa shape index (κ2) is 11.0. The fraction of sp³-hybridized carbons (Fsp3) is 0.400. The Bertz CT molecular complexity index is 1350. The number of hydrogen-bond donors (Lipinski definition) is 0. The Morgan fingerprint density at radius 1 is 1.26 bits per heavy atom. The van der Waals surface area contributed by atoms with E-state index in [-0.39, 0.29) is 29.0 Å². The molecule has 10 heteroatoms. The van der Waals surface area contributed by atoms with Crippen molar-refractivity contribution in [2.45, 2.75) is 64.4 Å². The van der Waals surface area contributed by atoms with Crippen LogP contribution in [0.2, 0.25) is 0 Å². The number of benzene rings is 2. The average molecular weight is 606 g/mol. The molecule has 4 rings (SSSR count). The van der Waals surface area contributed by atoms with E-state index >= 15 is 0 Å². The summed E-state index contributed by atoms with van der Waals surface area (Å²) in [7, 11) is 0. The van der Waals surface area contributed by atoms with Crippen LogP contribution in [-0.4, -0.2) is 26.9 Å². The molecular formula is C25H26Br2N4O4. The number of nitro benzene ring substituents is 1. The Morgan fingerprint density at radius 3 is 2.69 bits per heavy atom. The van der Waals surface area contributed by atoms with Gasteiger partial charge in [-0.1, -0.05) is 42.1 Å². The molecule has 184 valence electrons. The van der Waals surface area contributed by atoms with Gasteiger partial charge in [0.15, 0.2) is 0 Å². The molecule has 1 aromatic heterocycles. The highest BCUT2D eigenvalue weighted by Gasteiger charge is 2.24. The van der Waals surface area contributed by atoms with E-state index in [1.165, 1.54) is 23.4 Å². The van der Waals surface area contributed by atoms with Gasteiger partial charge in [0.25, 0.3) is 5.56 Å². The summed E-state index contributed by atoms with van der Waals surface area (Å²) >= 11 is 6.83. The minimum atomic E-state index is -0.478. The summed E-state index contributed by atoms with van der Waals surface area (Å²) in [4.78, 5) is 29.6. The summed E-state index contributed by atoms with van der Waals surface area (Å²) in [5, 5.41) is 16.7. The Hall–Kier alpha value is -2.59. The first-order valence-corrected chi connectivity index (χ1v) is 13.3. The highest BCUT2D eigenvalue weighted by Crippen LogP contribution is 2.37. The van der Waals surface area contributed by atoms with Crippen LogP contribution in [0.4, 0.5) is 5.69 Å². The highest BCUT2D eigenvalue weighted by molar-refractivity contribution is 9.10. The summed E-state index contributed by atoms with van der Waals surface area (Å²) in [6, 6.07) is 8.54. The molecule has 2 aromatic carbocycles. The minimum absolute atomic E-state index is 0.133. The molecule has 3 aromatic rings. The molecule has 1 atom stereocenters. The van der Waals surface area contributed by atoms with Crippen molar-refractivity contribution >= 4 is 54.7 Å². The summed E-state index contributed by atoms with van der Waals surface area (Å²) in [6.45, 7) is 3.80. The van der Waals surface area contributed by atoms with Crippen LogP contribution in [0.15, 0.2) is 49.2 Å². The van der Waals surface area contributed by atoms with Gasteiger partial charge in [0.2, 0.25) is 5.75 Å². The lowest BCUT2D eigenvalue weighted by atomic mass is 9.88. The first-order valence-electron chi connectivity index (χ1n) is 11.7. The van der Waals surface area contributed by atoms with Crippen LogP contribution in [0, 0.1) is 10.1 Å². The van der Waals surface area contributed by atoms with Crippen LogP contribution in [0.25, 0.3) is 10.9 Å². The van der Waals surface area contributed by atoms with E-state index in [0.717, 1.165) is 30.2 Å². The number of nitrogens with zero attached hydrogens (tertiary/aromatic N) is 4. The zero-order valence-corrected chi connectivity index (χ0v) is 22.7. The van der Waals surface area contributed by atoms with E-state index in [9.17, 15) is 14.9 Å². The molecule has 0 amide bonds. The zero-order chi connectivity index (χ0) is 25.1. The van der Waals surface area contributed by atoms with E-state index in [2.05, 4.69) is 37.0 Å². The van der Waals surface area contributed by atoms with Crippen molar-refractivity contribution in [2.24, 2.45) is 5.10 Å². The van der Waals surface area contributed by atoms with Gasteiger partial charge in [0, 0.05) is 22.0 Å². The quantitative estimate of drug-likeness (QED) is 0.165. The Morgan fingerprint density at radius 2 is 2.00 bits per heavy atom. The molecule has 35 heavy (non-hydrogen) atoms. The van der Waals surface area contributed by atoms with Crippen LogP contribution < -0.4 is 10.3 Å². The summed E-state index contributed by atoms with van der Waals surface area (Å²) in [5.74, 6) is 0.943. The maximum absolute atomic E-state index is 13.5. The van der Waals surface area contributed by atoms with Crippen LogP contribution >= 0.6 is 31.9 Å². The highest BCUT2D eigenvalue weighted by atomic mass is 79.9. The predicted molar refractivity (Wildman–Crippen MR) is 144 cm³/mol. The first kappa shape index (κ1) is 25.5. The first-order chi connectivity index (χ1) is 16.8. The van der Waals surface area contributed by atoms with Gasteiger partial charge >= 0.3 is 5.69 Å². The van der Waals surface area contributed by atoms with Crippen LogP contribution in [0.5, 0.6) is 5.75 Å². The molecule has 8 nitrogen and oxygen atoms in total.